The zero-order valence-corrected chi connectivity index (χ0v) is 27.1. The number of fused-ring (bicyclic) bond motifs is 6. The van der Waals surface area contributed by atoms with Gasteiger partial charge in [0.2, 0.25) is 0 Å². The van der Waals surface area contributed by atoms with Crippen LogP contribution in [0.15, 0.2) is 58.4 Å². The summed E-state index contributed by atoms with van der Waals surface area (Å²) < 4.78 is 4.20. The van der Waals surface area contributed by atoms with Gasteiger partial charge in [0, 0.05) is 36.3 Å². The average Bonchev–Trinajstić information content (AvgIpc) is 3.09. The zero-order chi connectivity index (χ0) is 29.4. The molecule has 12 rings (SSSR count). The minimum atomic E-state index is 0. The molecule has 0 unspecified atom stereocenters. The van der Waals surface area contributed by atoms with Gasteiger partial charge in [0.25, 0.3) is 11.1 Å². The van der Waals surface area contributed by atoms with E-state index in [1.165, 1.54) is 97.7 Å². The number of piperidine rings is 6. The van der Waals surface area contributed by atoms with E-state index < -0.39 is 0 Å². The van der Waals surface area contributed by atoms with E-state index in [0.29, 0.717) is 23.9 Å². The predicted molar refractivity (Wildman–Crippen MR) is 184 cm³/mol. The lowest BCUT2D eigenvalue weighted by molar-refractivity contribution is 0.0555. The van der Waals surface area contributed by atoms with E-state index >= 15 is 0 Å². The predicted octanol–water partition coefficient (Wildman–Crippen LogP) is 5.94. The van der Waals surface area contributed by atoms with Gasteiger partial charge in [-0.15, -0.1) is 12.4 Å². The maximum atomic E-state index is 13.1. The van der Waals surface area contributed by atoms with E-state index in [-0.39, 0.29) is 23.5 Å². The Bertz CT molecular complexity index is 1740. The molecule has 236 valence electrons. The lowest BCUT2D eigenvalue weighted by atomic mass is 9.83. The molecule has 4 bridgehead atoms. The van der Waals surface area contributed by atoms with E-state index in [0.717, 1.165) is 49.5 Å². The first kappa shape index (κ1) is 29.5. The molecule has 6 saturated heterocycles. The smallest absolute Gasteiger partial charge is 0.258 e. The van der Waals surface area contributed by atoms with Gasteiger partial charge < -0.3 is 18.9 Å². The summed E-state index contributed by atoms with van der Waals surface area (Å²) in [5.41, 5.74) is 6.01. The molecule has 6 aliphatic heterocycles. The Hall–Kier alpha value is -2.93. The Kier molecular flexibility index (Phi) is 7.66. The van der Waals surface area contributed by atoms with Gasteiger partial charge in [-0.1, -0.05) is 24.3 Å². The summed E-state index contributed by atoms with van der Waals surface area (Å²) in [6, 6.07) is 13.4. The summed E-state index contributed by atoms with van der Waals surface area (Å²) in [6.45, 7) is 7.02. The average molecular weight is 625 g/mol. The molecule has 7 heteroatoms. The molecular formula is C38H45ClN4O2. The number of halogens is 1. The standard InChI is InChI=1S/2C19H22N2O.ClH/c2*22-19-16-6-2-4-14-3-1-5-15(18(14)16)11-21(19)17-12-20-9-7-13(17)8-10-20;/h2*2,4,6,11,13,17H,1,3,5,7-10,12H2;1H/t2*17-;/m11./s1. The van der Waals surface area contributed by atoms with Gasteiger partial charge >= 0.3 is 0 Å². The highest BCUT2D eigenvalue weighted by Crippen LogP contribution is 2.38. The van der Waals surface area contributed by atoms with E-state index in [4.69, 9.17) is 0 Å². The number of hydrogen-bond donors (Lipinski definition) is 0. The van der Waals surface area contributed by atoms with Crippen LogP contribution >= 0.6 is 12.4 Å². The van der Waals surface area contributed by atoms with Gasteiger partial charge in [0.15, 0.2) is 0 Å². The molecule has 0 saturated carbocycles. The molecule has 4 aromatic rings. The highest BCUT2D eigenvalue weighted by Gasteiger charge is 2.37. The first-order valence-corrected chi connectivity index (χ1v) is 17.4. The molecule has 2 atom stereocenters. The molecular weight excluding hydrogens is 580 g/mol. The fourth-order valence-electron chi connectivity index (χ4n) is 9.90. The Morgan fingerprint density at radius 1 is 0.533 bits per heavy atom. The monoisotopic (exact) mass is 624 g/mol. The summed E-state index contributed by atoms with van der Waals surface area (Å²) in [6.07, 6.45) is 16.3. The van der Waals surface area contributed by atoms with Crippen LogP contribution in [0.2, 0.25) is 0 Å². The van der Waals surface area contributed by atoms with Crippen molar-refractivity contribution in [2.75, 3.05) is 39.3 Å². The van der Waals surface area contributed by atoms with Crippen LogP contribution in [0.25, 0.3) is 21.5 Å². The Labute approximate surface area is 271 Å². The lowest BCUT2D eigenvalue weighted by Gasteiger charge is -2.45. The summed E-state index contributed by atoms with van der Waals surface area (Å²) in [5.74, 6) is 1.39. The van der Waals surface area contributed by atoms with Crippen LogP contribution < -0.4 is 11.1 Å². The molecule has 8 aliphatic rings. The number of benzene rings is 2. The van der Waals surface area contributed by atoms with Gasteiger partial charge in [-0.3, -0.25) is 9.59 Å². The van der Waals surface area contributed by atoms with Crippen molar-refractivity contribution in [2.24, 2.45) is 11.8 Å². The second-order valence-corrected chi connectivity index (χ2v) is 14.5. The van der Waals surface area contributed by atoms with Gasteiger partial charge in [0.1, 0.15) is 0 Å². The van der Waals surface area contributed by atoms with E-state index in [1.54, 1.807) is 0 Å². The summed E-state index contributed by atoms with van der Waals surface area (Å²) >= 11 is 0. The highest BCUT2D eigenvalue weighted by atomic mass is 35.5. The van der Waals surface area contributed by atoms with Crippen LogP contribution in [-0.2, 0) is 25.7 Å². The van der Waals surface area contributed by atoms with Crippen molar-refractivity contribution in [3.8, 4) is 0 Å². The minimum Gasteiger partial charge on any atom is -0.310 e. The first-order chi connectivity index (χ1) is 21.6. The van der Waals surface area contributed by atoms with Crippen LogP contribution in [0.1, 0.15) is 72.9 Å². The number of nitrogens with zero attached hydrogens (tertiary/aromatic N) is 4. The molecule has 0 radical (unpaired) electrons. The second-order valence-electron chi connectivity index (χ2n) is 14.5. The fourth-order valence-corrected chi connectivity index (χ4v) is 9.90. The van der Waals surface area contributed by atoms with Crippen molar-refractivity contribution < 1.29 is 0 Å². The van der Waals surface area contributed by atoms with Crippen molar-refractivity contribution in [1.82, 2.24) is 18.9 Å². The third kappa shape index (κ3) is 4.90. The summed E-state index contributed by atoms with van der Waals surface area (Å²) in [7, 11) is 0. The third-order valence-electron chi connectivity index (χ3n) is 12.2. The number of rotatable bonds is 2. The molecule has 0 spiro atoms. The van der Waals surface area contributed by atoms with Crippen LogP contribution in [0.4, 0.5) is 0 Å². The van der Waals surface area contributed by atoms with Gasteiger partial charge in [-0.2, -0.15) is 0 Å². The Morgan fingerprint density at radius 3 is 1.31 bits per heavy atom. The fraction of sp³-hybridized carbons (Fsp3) is 0.526. The Morgan fingerprint density at radius 2 is 0.933 bits per heavy atom. The molecule has 2 aromatic carbocycles. The summed E-state index contributed by atoms with van der Waals surface area (Å²) in [5, 5.41) is 4.42. The van der Waals surface area contributed by atoms with E-state index in [2.05, 4.69) is 55.6 Å². The molecule has 45 heavy (non-hydrogen) atoms. The first-order valence-electron chi connectivity index (χ1n) is 17.4. The number of hydrogen-bond acceptors (Lipinski definition) is 4. The Balaban J connectivity index is 0.000000131. The van der Waals surface area contributed by atoms with Crippen LogP contribution in [-0.4, -0.2) is 58.2 Å². The van der Waals surface area contributed by atoms with Crippen molar-refractivity contribution >= 4 is 34.0 Å². The second kappa shape index (κ2) is 11.7. The zero-order valence-electron chi connectivity index (χ0n) is 26.3. The highest BCUT2D eigenvalue weighted by molar-refractivity contribution is 5.89. The minimum absolute atomic E-state index is 0. The van der Waals surface area contributed by atoms with Crippen molar-refractivity contribution in [3.05, 3.63) is 91.8 Å². The van der Waals surface area contributed by atoms with Crippen molar-refractivity contribution in [1.29, 1.82) is 0 Å². The topological polar surface area (TPSA) is 50.5 Å². The van der Waals surface area contributed by atoms with Gasteiger partial charge in [-0.05, 0) is 147 Å². The third-order valence-corrected chi connectivity index (χ3v) is 12.2. The number of aromatic nitrogens is 2. The van der Waals surface area contributed by atoms with E-state index in [1.807, 2.05) is 12.1 Å². The maximum Gasteiger partial charge on any atom is 0.258 e. The molecule has 6 nitrogen and oxygen atoms in total. The SMILES string of the molecule is Cl.O=c1c2cccc3c2c(cn1[C@@H]1CN2CCC1CC2)CCC3.O=c1c2cccc3c2c(cn1[C@@H]1CN2CCC1CC2)CCC3. The molecule has 8 heterocycles. The quantitative estimate of drug-likeness (QED) is 0.277. The van der Waals surface area contributed by atoms with Crippen LogP contribution in [0.3, 0.4) is 0 Å². The van der Waals surface area contributed by atoms with Crippen molar-refractivity contribution in [2.45, 2.75) is 76.3 Å². The maximum absolute atomic E-state index is 13.1. The normalized spacial score (nSPS) is 29.2. The summed E-state index contributed by atoms with van der Waals surface area (Å²) in [4.78, 5) is 31.2. The molecule has 2 aromatic heterocycles. The lowest BCUT2D eigenvalue weighted by Crippen LogP contribution is -2.50. The van der Waals surface area contributed by atoms with Crippen LogP contribution in [0, 0.1) is 11.8 Å². The molecule has 6 fully saturated rings. The number of pyridine rings is 2. The number of aryl methyl sites for hydroxylation is 4. The van der Waals surface area contributed by atoms with E-state index in [9.17, 15) is 9.59 Å². The van der Waals surface area contributed by atoms with Gasteiger partial charge in [0.05, 0.1) is 12.1 Å². The largest absolute Gasteiger partial charge is 0.310 e. The molecule has 0 amide bonds. The van der Waals surface area contributed by atoms with Crippen molar-refractivity contribution in [3.63, 3.8) is 0 Å². The molecule has 2 aliphatic carbocycles. The molecule has 0 N–H and O–H groups in total. The van der Waals surface area contributed by atoms with Gasteiger partial charge in [-0.25, -0.2) is 0 Å². The van der Waals surface area contributed by atoms with Crippen LogP contribution in [0.5, 0.6) is 0 Å².